The zero-order valence-electron chi connectivity index (χ0n) is 27.6. The number of sulfonamides is 1. The third-order valence-corrected chi connectivity index (χ3v) is 10.2. The van der Waals surface area contributed by atoms with Crippen LogP contribution in [-0.4, -0.2) is 43.3 Å². The third-order valence-electron chi connectivity index (χ3n) is 7.67. The van der Waals surface area contributed by atoms with Crippen LogP contribution >= 0.6 is 23.2 Å². The molecular weight excluding hydrogens is 653 g/mol. The summed E-state index contributed by atoms with van der Waals surface area (Å²) in [7, 11) is -4.22. The van der Waals surface area contributed by atoms with Crippen molar-refractivity contribution in [2.24, 2.45) is 0 Å². The first kappa shape index (κ1) is 36.0. The summed E-state index contributed by atoms with van der Waals surface area (Å²) in [5.41, 5.74) is 3.55. The Hall–Kier alpha value is -3.85. The molecular formula is C37H41Cl2N3O4S. The van der Waals surface area contributed by atoms with E-state index in [0.717, 1.165) is 21.0 Å². The summed E-state index contributed by atoms with van der Waals surface area (Å²) in [6.45, 7) is 10.5. The van der Waals surface area contributed by atoms with E-state index in [2.05, 4.69) is 5.32 Å². The fraction of sp³-hybridized carbons (Fsp3) is 0.297. The fourth-order valence-corrected chi connectivity index (χ4v) is 7.29. The number of benzene rings is 4. The van der Waals surface area contributed by atoms with Gasteiger partial charge in [-0.2, -0.15) is 0 Å². The van der Waals surface area contributed by atoms with E-state index in [-0.39, 0.29) is 17.9 Å². The van der Waals surface area contributed by atoms with Crippen LogP contribution < -0.4 is 9.62 Å². The molecule has 10 heteroatoms. The summed E-state index contributed by atoms with van der Waals surface area (Å²) in [5.74, 6) is -0.987. The molecule has 1 atom stereocenters. The standard InChI is InChI=1S/C37H41Cl2N3O4S/c1-25-15-18-29(19-16-25)47(45,46)42(33-20-17-26(2)21-27(33)3)24-35(43)41(23-30-31(38)13-10-14-32(30)39)34(36(44)40-37(4,5)6)22-28-11-8-7-9-12-28/h7-21,34H,22-24H2,1-6H3,(H,40,44). The Kier molecular flexibility index (Phi) is 11.4. The zero-order valence-corrected chi connectivity index (χ0v) is 29.9. The minimum atomic E-state index is -4.22. The molecule has 1 unspecified atom stereocenters. The van der Waals surface area contributed by atoms with Crippen molar-refractivity contribution in [2.75, 3.05) is 10.8 Å². The molecule has 0 radical (unpaired) electrons. The molecule has 0 aliphatic carbocycles. The molecule has 4 aromatic rings. The van der Waals surface area contributed by atoms with Gasteiger partial charge in [-0.3, -0.25) is 13.9 Å². The Morgan fingerprint density at radius 2 is 1.40 bits per heavy atom. The van der Waals surface area contributed by atoms with Gasteiger partial charge in [-0.15, -0.1) is 0 Å². The molecule has 0 aliphatic rings. The summed E-state index contributed by atoms with van der Waals surface area (Å²) < 4.78 is 29.8. The monoisotopic (exact) mass is 693 g/mol. The number of rotatable bonds is 11. The van der Waals surface area contributed by atoms with Gasteiger partial charge in [-0.1, -0.05) is 95.0 Å². The predicted octanol–water partition coefficient (Wildman–Crippen LogP) is 7.67. The smallest absolute Gasteiger partial charge is 0.264 e. The first-order valence-corrected chi connectivity index (χ1v) is 17.5. The van der Waals surface area contributed by atoms with Crippen molar-refractivity contribution < 1.29 is 18.0 Å². The molecule has 0 saturated carbocycles. The van der Waals surface area contributed by atoms with Crippen molar-refractivity contribution in [3.8, 4) is 0 Å². The summed E-state index contributed by atoms with van der Waals surface area (Å²) in [6.07, 6.45) is 0.171. The van der Waals surface area contributed by atoms with Crippen LogP contribution in [0.1, 0.15) is 48.6 Å². The highest BCUT2D eigenvalue weighted by molar-refractivity contribution is 7.92. The Balaban J connectivity index is 1.88. The predicted molar refractivity (Wildman–Crippen MR) is 190 cm³/mol. The Bertz CT molecular complexity index is 1820. The van der Waals surface area contributed by atoms with Gasteiger partial charge >= 0.3 is 0 Å². The van der Waals surface area contributed by atoms with Crippen molar-refractivity contribution >= 4 is 50.7 Å². The van der Waals surface area contributed by atoms with Crippen molar-refractivity contribution in [3.05, 3.63) is 129 Å². The van der Waals surface area contributed by atoms with E-state index in [1.54, 1.807) is 49.4 Å². The van der Waals surface area contributed by atoms with Crippen LogP contribution in [0.5, 0.6) is 0 Å². The van der Waals surface area contributed by atoms with Gasteiger partial charge in [0.2, 0.25) is 11.8 Å². The van der Waals surface area contributed by atoms with Gasteiger partial charge in [-0.05, 0) is 83.0 Å². The van der Waals surface area contributed by atoms with Crippen LogP contribution in [0.3, 0.4) is 0 Å². The number of hydrogen-bond donors (Lipinski definition) is 1. The maximum atomic E-state index is 14.7. The van der Waals surface area contributed by atoms with Gasteiger partial charge in [0.15, 0.2) is 0 Å². The summed E-state index contributed by atoms with van der Waals surface area (Å²) in [4.78, 5) is 30.2. The first-order chi connectivity index (χ1) is 22.1. The number of aryl methyl sites for hydroxylation is 3. The second kappa shape index (κ2) is 14.9. The van der Waals surface area contributed by atoms with Gasteiger partial charge in [0, 0.05) is 34.1 Å². The number of anilines is 1. The molecule has 0 saturated heterocycles. The van der Waals surface area contributed by atoms with E-state index in [1.807, 2.05) is 71.0 Å². The molecule has 0 spiro atoms. The van der Waals surface area contributed by atoms with Gasteiger partial charge in [0.1, 0.15) is 12.6 Å². The molecule has 47 heavy (non-hydrogen) atoms. The number of hydrogen-bond acceptors (Lipinski definition) is 4. The zero-order chi connectivity index (χ0) is 34.5. The number of amides is 2. The van der Waals surface area contributed by atoms with E-state index in [1.165, 1.54) is 17.0 Å². The molecule has 2 amide bonds. The van der Waals surface area contributed by atoms with Crippen LogP contribution in [0.2, 0.25) is 10.0 Å². The van der Waals surface area contributed by atoms with Crippen molar-refractivity contribution in [2.45, 2.75) is 71.0 Å². The van der Waals surface area contributed by atoms with Crippen LogP contribution in [-0.2, 0) is 32.6 Å². The summed E-state index contributed by atoms with van der Waals surface area (Å²) >= 11 is 13.2. The molecule has 1 N–H and O–H groups in total. The largest absolute Gasteiger partial charge is 0.350 e. The van der Waals surface area contributed by atoms with Gasteiger partial charge in [0.25, 0.3) is 10.0 Å². The molecule has 0 aliphatic heterocycles. The van der Waals surface area contributed by atoms with Gasteiger partial charge in [0.05, 0.1) is 10.6 Å². The minimum absolute atomic E-state index is 0.0443. The molecule has 0 aromatic heterocycles. The molecule has 4 aromatic carbocycles. The van der Waals surface area contributed by atoms with Crippen molar-refractivity contribution in [1.82, 2.24) is 10.2 Å². The van der Waals surface area contributed by atoms with E-state index < -0.39 is 40.0 Å². The highest BCUT2D eigenvalue weighted by Crippen LogP contribution is 2.31. The molecule has 248 valence electrons. The molecule has 7 nitrogen and oxygen atoms in total. The number of halogens is 2. The molecule has 0 heterocycles. The molecule has 0 bridgehead atoms. The third kappa shape index (κ3) is 9.15. The highest BCUT2D eigenvalue weighted by Gasteiger charge is 2.36. The van der Waals surface area contributed by atoms with E-state index in [4.69, 9.17) is 23.2 Å². The first-order valence-electron chi connectivity index (χ1n) is 15.3. The fourth-order valence-electron chi connectivity index (χ4n) is 5.30. The van der Waals surface area contributed by atoms with Crippen molar-refractivity contribution in [3.63, 3.8) is 0 Å². The Morgan fingerprint density at radius 1 is 0.809 bits per heavy atom. The molecule has 0 fully saturated rings. The highest BCUT2D eigenvalue weighted by atomic mass is 35.5. The average molecular weight is 695 g/mol. The number of nitrogens with zero attached hydrogens (tertiary/aromatic N) is 2. The van der Waals surface area contributed by atoms with Crippen LogP contribution in [0, 0.1) is 20.8 Å². The van der Waals surface area contributed by atoms with E-state index >= 15 is 0 Å². The number of carbonyl (C=O) groups is 2. The summed E-state index contributed by atoms with van der Waals surface area (Å²) in [5, 5.41) is 3.67. The Labute approximate surface area is 288 Å². The van der Waals surface area contributed by atoms with Crippen LogP contribution in [0.25, 0.3) is 0 Å². The quantitative estimate of drug-likeness (QED) is 0.175. The maximum Gasteiger partial charge on any atom is 0.264 e. The second-order valence-corrected chi connectivity index (χ2v) is 15.5. The SMILES string of the molecule is Cc1ccc(S(=O)(=O)N(CC(=O)N(Cc2c(Cl)cccc2Cl)C(Cc2ccccc2)C(=O)NC(C)(C)C)c2ccc(C)cc2C)cc1. The number of nitrogens with one attached hydrogen (secondary N) is 1. The van der Waals surface area contributed by atoms with Crippen LogP contribution in [0.4, 0.5) is 5.69 Å². The topological polar surface area (TPSA) is 86.8 Å². The van der Waals surface area contributed by atoms with Crippen LogP contribution in [0.15, 0.2) is 95.9 Å². The van der Waals surface area contributed by atoms with Crippen molar-refractivity contribution in [1.29, 1.82) is 0 Å². The average Bonchev–Trinajstić information content (AvgIpc) is 2.99. The normalized spacial score (nSPS) is 12.3. The van der Waals surface area contributed by atoms with E-state index in [9.17, 15) is 18.0 Å². The Morgan fingerprint density at radius 3 is 1.98 bits per heavy atom. The second-order valence-electron chi connectivity index (χ2n) is 12.8. The van der Waals surface area contributed by atoms with Gasteiger partial charge in [-0.25, -0.2) is 8.42 Å². The lowest BCUT2D eigenvalue weighted by atomic mass is 10.0. The van der Waals surface area contributed by atoms with E-state index in [0.29, 0.717) is 26.9 Å². The lowest BCUT2D eigenvalue weighted by Gasteiger charge is -2.36. The summed E-state index contributed by atoms with van der Waals surface area (Å²) in [6, 6.07) is 25.2. The minimum Gasteiger partial charge on any atom is -0.350 e. The lowest BCUT2D eigenvalue weighted by molar-refractivity contribution is -0.140. The molecule has 4 rings (SSSR count). The maximum absolute atomic E-state index is 14.7. The number of carbonyl (C=O) groups excluding carboxylic acids is 2. The van der Waals surface area contributed by atoms with Gasteiger partial charge < -0.3 is 10.2 Å². The lowest BCUT2D eigenvalue weighted by Crippen LogP contribution is -2.56.